The Labute approximate surface area is 448 Å². The van der Waals surface area contributed by atoms with Gasteiger partial charge in [-0.2, -0.15) is 0 Å². The van der Waals surface area contributed by atoms with Crippen LogP contribution in [0.15, 0.2) is 12.2 Å². The highest BCUT2D eigenvalue weighted by molar-refractivity contribution is 7.47. The van der Waals surface area contributed by atoms with Crippen LogP contribution in [0.1, 0.15) is 309 Å². The molecule has 9 atom stereocenters. The van der Waals surface area contributed by atoms with Crippen LogP contribution in [0, 0.1) is 0 Å². The molecule has 73 heavy (non-hydrogen) atoms. The topological polar surface area (TPSA) is 206 Å². The smallest absolute Gasteiger partial charge is 0.387 e. The average molecular weight is 1060 g/mol. The monoisotopic (exact) mass is 1060 g/mol. The summed E-state index contributed by atoms with van der Waals surface area (Å²) in [5.74, 6) is -0.336. The van der Waals surface area contributed by atoms with Crippen molar-refractivity contribution in [1.82, 2.24) is 5.32 Å². The van der Waals surface area contributed by atoms with Gasteiger partial charge in [0, 0.05) is 6.42 Å². The molecule has 0 spiro atoms. The molecule has 0 bridgehead atoms. The van der Waals surface area contributed by atoms with E-state index in [0.29, 0.717) is 6.42 Å². The molecule has 12 nitrogen and oxygen atoms in total. The number of carbonyl (C=O) groups excluding carboxylic acids is 1. The van der Waals surface area contributed by atoms with Crippen molar-refractivity contribution in [3.63, 3.8) is 0 Å². The van der Waals surface area contributed by atoms with E-state index < -0.39 is 63.2 Å². The molecule has 13 heteroatoms. The summed E-state index contributed by atoms with van der Waals surface area (Å²) in [5.41, 5.74) is 0. The lowest BCUT2D eigenvalue weighted by molar-refractivity contribution is -0.220. The molecule has 8 N–H and O–H groups in total. The van der Waals surface area contributed by atoms with Crippen LogP contribution < -0.4 is 5.32 Å². The van der Waals surface area contributed by atoms with Crippen molar-refractivity contribution >= 4 is 13.7 Å². The van der Waals surface area contributed by atoms with Gasteiger partial charge in [-0.05, 0) is 19.3 Å². The zero-order chi connectivity index (χ0) is 53.5. The Morgan fingerprint density at radius 3 is 1.04 bits per heavy atom. The number of rotatable bonds is 54. The van der Waals surface area contributed by atoms with Gasteiger partial charge in [-0.25, -0.2) is 4.57 Å². The van der Waals surface area contributed by atoms with Gasteiger partial charge in [-0.15, -0.1) is 0 Å². The summed E-state index contributed by atoms with van der Waals surface area (Å²) in [6, 6.07) is -1.11. The lowest BCUT2D eigenvalue weighted by Gasteiger charge is -2.41. The number of unbranched alkanes of at least 4 members (excludes halogenated alkanes) is 43. The maximum absolute atomic E-state index is 13.0. The molecular weight excluding hydrogens is 942 g/mol. The third-order valence-corrected chi connectivity index (χ3v) is 16.3. The molecule has 0 aliphatic heterocycles. The predicted octanol–water partition coefficient (Wildman–Crippen LogP) is 14.7. The summed E-state index contributed by atoms with van der Waals surface area (Å²) >= 11 is 0. The van der Waals surface area contributed by atoms with Crippen molar-refractivity contribution in [3.8, 4) is 0 Å². The third kappa shape index (κ3) is 40.0. The number of aliphatic hydroxyl groups excluding tert-OH is 6. The number of amides is 1. The Morgan fingerprint density at radius 1 is 0.452 bits per heavy atom. The average Bonchev–Trinajstić information content (AvgIpc) is 3.38. The molecule has 1 aliphatic rings. The van der Waals surface area contributed by atoms with E-state index in [9.17, 15) is 44.9 Å². The van der Waals surface area contributed by atoms with Crippen LogP contribution in [0.3, 0.4) is 0 Å². The second-order valence-corrected chi connectivity index (χ2v) is 23.7. The maximum Gasteiger partial charge on any atom is 0.472 e. The zero-order valence-corrected chi connectivity index (χ0v) is 48.1. The third-order valence-electron chi connectivity index (χ3n) is 15.3. The molecule has 434 valence electrons. The van der Waals surface area contributed by atoms with Crippen molar-refractivity contribution in [3.05, 3.63) is 12.2 Å². The molecule has 1 rings (SSSR count). The summed E-state index contributed by atoms with van der Waals surface area (Å²) in [5, 5.41) is 64.1. The minimum atomic E-state index is -5.08. The van der Waals surface area contributed by atoms with Gasteiger partial charge in [0.25, 0.3) is 0 Å². The van der Waals surface area contributed by atoms with Gasteiger partial charge >= 0.3 is 7.82 Å². The molecular formula is C60H118NO11P. The highest BCUT2D eigenvalue weighted by Gasteiger charge is 2.51. The first-order valence-corrected chi connectivity index (χ1v) is 32.6. The molecule has 0 radical (unpaired) electrons. The SMILES string of the molecule is CCCCCCCCCC/C=C/[C@@H](O)[C@H](COP(=O)(O)OC1C(O)C(O)C(O)[C@@H](O)C1O)NC(=O)CCCCCCCCCCCCCCCCCCCCCCCCCCCCCCCCCCCCCC. The fourth-order valence-corrected chi connectivity index (χ4v) is 11.3. The molecule has 0 saturated heterocycles. The van der Waals surface area contributed by atoms with Crippen molar-refractivity contribution in [1.29, 1.82) is 0 Å². The molecule has 1 aliphatic carbocycles. The largest absolute Gasteiger partial charge is 0.472 e. The zero-order valence-electron chi connectivity index (χ0n) is 47.2. The Bertz CT molecular complexity index is 1280. The van der Waals surface area contributed by atoms with Crippen molar-refractivity contribution in [2.75, 3.05) is 6.61 Å². The summed E-state index contributed by atoms with van der Waals surface area (Å²) in [4.78, 5) is 23.5. The summed E-state index contributed by atoms with van der Waals surface area (Å²) in [7, 11) is -5.08. The van der Waals surface area contributed by atoms with E-state index >= 15 is 0 Å². The van der Waals surface area contributed by atoms with Crippen LogP contribution in [0.4, 0.5) is 0 Å². The standard InChI is InChI=1S/C60H118NO11P/c1-3-5-7-9-11-13-15-16-17-18-19-20-21-22-23-24-25-26-27-28-29-30-31-32-33-34-35-36-37-38-39-40-42-44-46-48-50-54(63)61-52(53(62)49-47-45-43-41-14-12-10-8-6-4-2)51-71-73(69,70)72-60-58(67)56(65)55(64)57(66)59(60)68/h47,49,52-53,55-60,62,64-68H,3-46,48,50-51H2,1-2H3,(H,61,63)(H,69,70)/b49-47+/t52-,53+,55?,56+,57?,58?,59?,60?/m0/s1. The molecule has 1 saturated carbocycles. The normalized spacial score (nSPS) is 20.9. The van der Waals surface area contributed by atoms with E-state index in [1.54, 1.807) is 0 Å². The number of hydrogen-bond acceptors (Lipinski definition) is 10. The van der Waals surface area contributed by atoms with Crippen LogP contribution in [-0.2, 0) is 18.4 Å². The van der Waals surface area contributed by atoms with E-state index in [4.69, 9.17) is 9.05 Å². The predicted molar refractivity (Wildman–Crippen MR) is 301 cm³/mol. The maximum atomic E-state index is 13.0. The van der Waals surface area contributed by atoms with Crippen molar-refractivity contribution in [2.24, 2.45) is 0 Å². The Hall–Kier alpha value is -0.920. The minimum Gasteiger partial charge on any atom is -0.387 e. The quantitative estimate of drug-likeness (QED) is 0.0163. The fourth-order valence-electron chi connectivity index (χ4n) is 10.3. The minimum absolute atomic E-state index is 0.219. The molecule has 1 fully saturated rings. The lowest BCUT2D eigenvalue weighted by atomic mass is 9.85. The first-order valence-electron chi connectivity index (χ1n) is 31.1. The van der Waals surface area contributed by atoms with E-state index in [1.165, 1.54) is 244 Å². The molecule has 1 amide bonds. The van der Waals surface area contributed by atoms with Crippen LogP contribution >= 0.6 is 7.82 Å². The Morgan fingerprint density at radius 2 is 0.726 bits per heavy atom. The van der Waals surface area contributed by atoms with Crippen molar-refractivity contribution < 1.29 is 53.9 Å². The van der Waals surface area contributed by atoms with Crippen LogP contribution in [-0.4, -0.2) is 96.8 Å². The lowest BCUT2D eigenvalue weighted by Crippen LogP contribution is -2.64. The summed E-state index contributed by atoms with van der Waals surface area (Å²) < 4.78 is 23.0. The van der Waals surface area contributed by atoms with Crippen LogP contribution in [0.2, 0.25) is 0 Å². The molecule has 0 heterocycles. The van der Waals surface area contributed by atoms with Gasteiger partial charge in [0.15, 0.2) is 0 Å². The second kappa shape index (κ2) is 49.4. The number of phosphoric acid groups is 1. The Balaban J connectivity index is 2.10. The van der Waals surface area contributed by atoms with E-state index in [0.717, 1.165) is 44.9 Å². The van der Waals surface area contributed by atoms with Crippen LogP contribution in [0.5, 0.6) is 0 Å². The van der Waals surface area contributed by atoms with E-state index in [1.807, 2.05) is 6.08 Å². The second-order valence-electron chi connectivity index (χ2n) is 22.3. The number of phosphoric ester groups is 1. The number of aliphatic hydroxyl groups is 6. The first-order chi connectivity index (χ1) is 35.4. The number of allylic oxidation sites excluding steroid dienone is 1. The Kier molecular flexibility index (Phi) is 47.4. The van der Waals surface area contributed by atoms with Gasteiger partial charge in [0.1, 0.15) is 36.6 Å². The molecule has 0 aromatic carbocycles. The highest BCUT2D eigenvalue weighted by Crippen LogP contribution is 2.47. The van der Waals surface area contributed by atoms with E-state index in [2.05, 4.69) is 19.2 Å². The van der Waals surface area contributed by atoms with Crippen LogP contribution in [0.25, 0.3) is 0 Å². The van der Waals surface area contributed by atoms with E-state index in [-0.39, 0.29) is 12.3 Å². The fraction of sp³-hybridized carbons (Fsp3) is 0.950. The first kappa shape index (κ1) is 70.1. The van der Waals surface area contributed by atoms with Gasteiger partial charge in [0.2, 0.25) is 5.91 Å². The number of carbonyl (C=O) groups is 1. The molecule has 0 aromatic rings. The van der Waals surface area contributed by atoms with Gasteiger partial charge < -0.3 is 40.8 Å². The summed E-state index contributed by atoms with van der Waals surface area (Å²) in [6.45, 7) is 3.85. The highest BCUT2D eigenvalue weighted by atomic mass is 31.2. The number of nitrogens with one attached hydrogen (secondary N) is 1. The van der Waals surface area contributed by atoms with Gasteiger partial charge in [0.05, 0.1) is 18.8 Å². The summed E-state index contributed by atoms with van der Waals surface area (Å²) in [6.07, 6.45) is 49.3. The molecule has 6 unspecified atom stereocenters. The van der Waals surface area contributed by atoms with Gasteiger partial charge in [-0.3, -0.25) is 13.8 Å². The van der Waals surface area contributed by atoms with Gasteiger partial charge in [-0.1, -0.05) is 296 Å². The number of hydrogen-bond donors (Lipinski definition) is 8. The molecule has 0 aromatic heterocycles. The van der Waals surface area contributed by atoms with Crippen molar-refractivity contribution in [2.45, 2.75) is 358 Å².